The van der Waals surface area contributed by atoms with E-state index in [4.69, 9.17) is 9.72 Å². The van der Waals surface area contributed by atoms with Crippen LogP contribution in [-0.4, -0.2) is 51.8 Å². The van der Waals surface area contributed by atoms with Gasteiger partial charge in [-0.3, -0.25) is 9.78 Å². The molecule has 0 radical (unpaired) electrons. The van der Waals surface area contributed by atoms with Gasteiger partial charge in [0, 0.05) is 34.4 Å². The Balaban J connectivity index is 0.00000181. The predicted molar refractivity (Wildman–Crippen MR) is 118 cm³/mol. The molecule has 1 amide bonds. The molecule has 8 heteroatoms. The molecule has 0 spiro atoms. The van der Waals surface area contributed by atoms with E-state index in [1.54, 1.807) is 32.3 Å². The molecule has 2 aliphatic rings. The van der Waals surface area contributed by atoms with E-state index in [-0.39, 0.29) is 14.8 Å². The summed E-state index contributed by atoms with van der Waals surface area (Å²) in [5, 5.41) is 13.0. The van der Waals surface area contributed by atoms with E-state index < -0.39 is 5.60 Å². The van der Waals surface area contributed by atoms with E-state index in [0.717, 1.165) is 44.6 Å². The number of rotatable bonds is 5. The molecule has 1 atom stereocenters. The van der Waals surface area contributed by atoms with Crippen LogP contribution in [0.4, 0.5) is 11.6 Å². The van der Waals surface area contributed by atoms with Gasteiger partial charge in [0.15, 0.2) is 11.6 Å². The number of carbonyl (C=O) groups is 1. The summed E-state index contributed by atoms with van der Waals surface area (Å²) in [4.78, 5) is 28.1. The van der Waals surface area contributed by atoms with Crippen LogP contribution in [0.25, 0.3) is 11.3 Å². The van der Waals surface area contributed by atoms with Crippen molar-refractivity contribution in [3.05, 3.63) is 30.2 Å². The fraction of sp³-hybridized carbons (Fsp3) is 0.545. The molecule has 4 heterocycles. The van der Waals surface area contributed by atoms with Crippen LogP contribution < -0.4 is 10.2 Å². The topological polar surface area (TPSA) is 100 Å². The molecule has 1 saturated heterocycles. The molecule has 164 valence electrons. The molecular weight excluding hydrogens is 382 g/mol. The molecule has 2 aliphatic heterocycles. The molecule has 0 saturated carbocycles. The summed E-state index contributed by atoms with van der Waals surface area (Å²) in [7, 11) is 0. The van der Waals surface area contributed by atoms with Gasteiger partial charge in [-0.25, -0.2) is 9.97 Å². The van der Waals surface area contributed by atoms with Crippen LogP contribution in [0.5, 0.6) is 0 Å². The third-order valence-electron chi connectivity index (χ3n) is 5.92. The smallest absolute Gasteiger partial charge is 0.248 e. The van der Waals surface area contributed by atoms with Crippen molar-refractivity contribution in [3.63, 3.8) is 0 Å². The first-order chi connectivity index (χ1) is 14.3. The van der Waals surface area contributed by atoms with E-state index in [2.05, 4.69) is 20.2 Å². The Morgan fingerprint density at radius 1 is 1.27 bits per heavy atom. The summed E-state index contributed by atoms with van der Waals surface area (Å²) in [6, 6.07) is 3.37. The SMILES string of the molecule is C[C@H]1C(=O)Nc2ncc(-c3ccc(C(C)(C)O)nc3)nc2N1CCC1CCOCC1.[HH].[HH]. The summed E-state index contributed by atoms with van der Waals surface area (Å²) in [5.74, 6) is 1.73. The van der Waals surface area contributed by atoms with Crippen LogP contribution in [0.2, 0.25) is 0 Å². The van der Waals surface area contributed by atoms with Gasteiger partial charge in [-0.1, -0.05) is 0 Å². The highest BCUT2D eigenvalue weighted by Gasteiger charge is 2.32. The number of carbonyl (C=O) groups excluding carboxylic acids is 1. The van der Waals surface area contributed by atoms with E-state index >= 15 is 0 Å². The van der Waals surface area contributed by atoms with Gasteiger partial charge >= 0.3 is 0 Å². The van der Waals surface area contributed by atoms with Crippen molar-refractivity contribution in [2.45, 2.75) is 51.7 Å². The van der Waals surface area contributed by atoms with Crippen molar-refractivity contribution in [2.24, 2.45) is 5.92 Å². The maximum absolute atomic E-state index is 12.4. The van der Waals surface area contributed by atoms with Crippen molar-refractivity contribution in [2.75, 3.05) is 30.0 Å². The van der Waals surface area contributed by atoms with E-state index in [1.165, 1.54) is 0 Å². The number of aliphatic hydroxyl groups is 1. The number of nitrogens with one attached hydrogen (secondary N) is 1. The predicted octanol–water partition coefficient (Wildman–Crippen LogP) is 3.22. The molecule has 0 aromatic carbocycles. The van der Waals surface area contributed by atoms with Crippen LogP contribution in [0, 0.1) is 5.92 Å². The number of pyridine rings is 1. The molecule has 30 heavy (non-hydrogen) atoms. The molecule has 4 rings (SSSR count). The molecule has 2 aromatic rings. The number of hydrogen-bond donors (Lipinski definition) is 2. The fourth-order valence-electron chi connectivity index (χ4n) is 3.92. The Morgan fingerprint density at radius 2 is 2.03 bits per heavy atom. The van der Waals surface area contributed by atoms with Crippen LogP contribution in [-0.2, 0) is 15.1 Å². The Bertz CT molecular complexity index is 915. The minimum absolute atomic E-state index is 0. The zero-order valence-corrected chi connectivity index (χ0v) is 17.8. The molecule has 0 aliphatic carbocycles. The van der Waals surface area contributed by atoms with Gasteiger partial charge < -0.3 is 20.1 Å². The first-order valence-electron chi connectivity index (χ1n) is 10.5. The summed E-state index contributed by atoms with van der Waals surface area (Å²) in [6.45, 7) is 7.68. The van der Waals surface area contributed by atoms with Crippen LogP contribution in [0.3, 0.4) is 0 Å². The first-order valence-corrected chi connectivity index (χ1v) is 10.5. The van der Waals surface area contributed by atoms with Crippen molar-refractivity contribution < 1.29 is 17.5 Å². The largest absolute Gasteiger partial charge is 0.384 e. The second-order valence-corrected chi connectivity index (χ2v) is 8.62. The number of nitrogens with zero attached hydrogens (tertiary/aromatic N) is 4. The number of fused-ring (bicyclic) bond motifs is 1. The Labute approximate surface area is 179 Å². The lowest BCUT2D eigenvalue weighted by atomic mass is 9.96. The zero-order chi connectivity index (χ0) is 21.3. The van der Waals surface area contributed by atoms with Crippen molar-refractivity contribution >= 4 is 17.5 Å². The summed E-state index contributed by atoms with van der Waals surface area (Å²) in [6.07, 6.45) is 6.46. The second kappa shape index (κ2) is 8.28. The minimum Gasteiger partial charge on any atom is -0.384 e. The average Bonchev–Trinajstić information content (AvgIpc) is 2.74. The van der Waals surface area contributed by atoms with Gasteiger partial charge in [0.2, 0.25) is 5.91 Å². The van der Waals surface area contributed by atoms with Crippen molar-refractivity contribution in [1.29, 1.82) is 0 Å². The highest BCUT2D eigenvalue weighted by atomic mass is 16.5. The quantitative estimate of drug-likeness (QED) is 0.773. The van der Waals surface area contributed by atoms with Gasteiger partial charge in [-0.15, -0.1) is 0 Å². The lowest BCUT2D eigenvalue weighted by molar-refractivity contribution is -0.117. The molecule has 1 fully saturated rings. The number of anilines is 2. The molecule has 0 unspecified atom stereocenters. The van der Waals surface area contributed by atoms with E-state index in [1.807, 2.05) is 13.0 Å². The summed E-state index contributed by atoms with van der Waals surface area (Å²) < 4.78 is 5.46. The van der Waals surface area contributed by atoms with Crippen molar-refractivity contribution in [1.82, 2.24) is 15.0 Å². The standard InChI is InChI=1S/C22H29N5O3.2H2/c1-14-21(28)26-19-20(27(14)9-6-15-7-10-30-11-8-15)25-17(13-24-19)16-4-5-18(23-12-16)22(2,3)29;;/h4-5,12-15,29H,6-11H2,1-3H3,(H,24,26,28);2*1H/t14-;;/m0../s1. The maximum atomic E-state index is 12.4. The van der Waals surface area contributed by atoms with E-state index in [9.17, 15) is 9.90 Å². The van der Waals surface area contributed by atoms with Gasteiger partial charge in [0.25, 0.3) is 0 Å². The number of ether oxygens (including phenoxy) is 1. The highest BCUT2D eigenvalue weighted by Crippen LogP contribution is 2.32. The Hall–Kier alpha value is -2.58. The summed E-state index contributed by atoms with van der Waals surface area (Å²) in [5.41, 5.74) is 1.09. The fourth-order valence-corrected chi connectivity index (χ4v) is 3.92. The van der Waals surface area contributed by atoms with Crippen LogP contribution >= 0.6 is 0 Å². The van der Waals surface area contributed by atoms with Crippen LogP contribution in [0.15, 0.2) is 24.5 Å². The zero-order valence-electron chi connectivity index (χ0n) is 17.8. The molecule has 8 nitrogen and oxygen atoms in total. The minimum atomic E-state index is -0.999. The number of hydrogen-bond acceptors (Lipinski definition) is 7. The number of aromatic nitrogens is 3. The Morgan fingerprint density at radius 3 is 2.70 bits per heavy atom. The normalized spacial score (nSPS) is 20.1. The summed E-state index contributed by atoms with van der Waals surface area (Å²) >= 11 is 0. The highest BCUT2D eigenvalue weighted by molar-refractivity contribution is 6.01. The molecule has 2 aromatic heterocycles. The van der Waals surface area contributed by atoms with Gasteiger partial charge in [0.05, 0.1) is 17.6 Å². The monoisotopic (exact) mass is 415 g/mol. The van der Waals surface area contributed by atoms with Gasteiger partial charge in [0.1, 0.15) is 11.6 Å². The Kier molecular flexibility index (Phi) is 5.71. The van der Waals surface area contributed by atoms with E-state index in [0.29, 0.717) is 28.9 Å². The average molecular weight is 416 g/mol. The van der Waals surface area contributed by atoms with Gasteiger partial charge in [-0.2, -0.15) is 0 Å². The third kappa shape index (κ3) is 4.29. The van der Waals surface area contributed by atoms with Gasteiger partial charge in [-0.05, 0) is 58.1 Å². The first kappa shape index (κ1) is 20.7. The maximum Gasteiger partial charge on any atom is 0.248 e. The molecular formula is C22H33N5O3. The lowest BCUT2D eigenvalue weighted by Crippen LogP contribution is -2.48. The second-order valence-electron chi connectivity index (χ2n) is 8.62. The molecule has 2 N–H and O–H groups in total. The van der Waals surface area contributed by atoms with Crippen molar-refractivity contribution in [3.8, 4) is 11.3 Å². The molecule has 0 bridgehead atoms. The lowest BCUT2D eigenvalue weighted by Gasteiger charge is -2.36. The van der Waals surface area contributed by atoms with Crippen LogP contribution in [0.1, 0.15) is 48.6 Å². The number of amides is 1. The third-order valence-corrected chi connectivity index (χ3v) is 5.92.